The summed E-state index contributed by atoms with van der Waals surface area (Å²) in [5.74, 6) is -0.738. The number of carbonyl (C=O) groups is 2. The zero-order chi connectivity index (χ0) is 17.4. The first-order valence-corrected chi connectivity index (χ1v) is 7.53. The van der Waals surface area contributed by atoms with Crippen LogP contribution in [0, 0.1) is 0 Å². The molecule has 0 spiro atoms. The van der Waals surface area contributed by atoms with Crippen LogP contribution in [0.1, 0.15) is 15.9 Å². The van der Waals surface area contributed by atoms with Gasteiger partial charge in [-0.1, -0.05) is 30.3 Å². The van der Waals surface area contributed by atoms with Gasteiger partial charge in [0, 0.05) is 6.54 Å². The predicted octanol–water partition coefficient (Wildman–Crippen LogP) is 1.95. The minimum Gasteiger partial charge on any atom is -0.484 e. The average Bonchev–Trinajstić information content (AvgIpc) is 2.59. The molecule has 6 nitrogen and oxygen atoms in total. The molecule has 124 valence electrons. The molecule has 0 unspecified atom stereocenters. The number of para-hydroxylation sites is 1. The lowest BCUT2D eigenvalue weighted by Crippen LogP contribution is -2.41. The summed E-state index contributed by atoms with van der Waals surface area (Å²) >= 11 is 5.03. The Bertz CT molecular complexity index is 717. The van der Waals surface area contributed by atoms with E-state index in [0.29, 0.717) is 12.3 Å². The fourth-order valence-electron chi connectivity index (χ4n) is 1.82. The van der Waals surface area contributed by atoms with Gasteiger partial charge < -0.3 is 20.5 Å². The molecule has 0 saturated carbocycles. The summed E-state index contributed by atoms with van der Waals surface area (Å²) < 4.78 is 5.31. The van der Waals surface area contributed by atoms with E-state index < -0.39 is 5.97 Å². The Kier molecular flexibility index (Phi) is 6.27. The fourth-order valence-corrected chi connectivity index (χ4v) is 2.01. The molecule has 2 rings (SSSR count). The Labute approximate surface area is 144 Å². The van der Waals surface area contributed by atoms with Gasteiger partial charge in [-0.3, -0.25) is 4.79 Å². The molecule has 0 radical (unpaired) electrons. The number of nitrogens with one attached hydrogen (secondary N) is 2. The smallest absolute Gasteiger partial charge is 0.335 e. The Morgan fingerprint density at radius 3 is 2.33 bits per heavy atom. The number of thiocarbonyl (C=S) groups is 1. The number of amides is 1. The zero-order valence-corrected chi connectivity index (χ0v) is 13.5. The van der Waals surface area contributed by atoms with Crippen molar-refractivity contribution in [2.45, 2.75) is 6.54 Å². The highest BCUT2D eigenvalue weighted by molar-refractivity contribution is 7.80. The third-order valence-corrected chi connectivity index (χ3v) is 3.27. The summed E-state index contributed by atoms with van der Waals surface area (Å²) in [5, 5.41) is 14.4. The first-order chi connectivity index (χ1) is 11.5. The molecule has 0 aliphatic rings. The standard InChI is InChI=1S/C17H16N2O4S/c20-15(11-23-14-4-2-1-3-5-14)19-17(24)18-10-12-6-8-13(9-7-12)16(21)22/h1-9H,10-11H2,(H,21,22)(H2,18,19,20,24). The van der Waals surface area contributed by atoms with Crippen LogP contribution >= 0.6 is 12.2 Å². The van der Waals surface area contributed by atoms with E-state index in [1.165, 1.54) is 12.1 Å². The number of carboxylic acid groups (broad SMARTS) is 1. The van der Waals surface area contributed by atoms with Gasteiger partial charge in [-0.2, -0.15) is 0 Å². The first-order valence-electron chi connectivity index (χ1n) is 7.12. The van der Waals surface area contributed by atoms with Crippen LogP contribution in [-0.4, -0.2) is 28.7 Å². The van der Waals surface area contributed by atoms with Crippen molar-refractivity contribution < 1.29 is 19.4 Å². The van der Waals surface area contributed by atoms with Crippen molar-refractivity contribution in [1.82, 2.24) is 10.6 Å². The third-order valence-electron chi connectivity index (χ3n) is 3.02. The number of carboxylic acids is 1. The van der Waals surface area contributed by atoms with Crippen molar-refractivity contribution in [3.05, 3.63) is 65.7 Å². The highest BCUT2D eigenvalue weighted by Crippen LogP contribution is 2.07. The second-order valence-corrected chi connectivity index (χ2v) is 5.24. The molecule has 0 saturated heterocycles. The van der Waals surface area contributed by atoms with Crippen LogP contribution < -0.4 is 15.4 Å². The lowest BCUT2D eigenvalue weighted by atomic mass is 10.1. The van der Waals surface area contributed by atoms with Gasteiger partial charge in [0.25, 0.3) is 5.91 Å². The number of rotatable bonds is 6. The number of benzene rings is 2. The van der Waals surface area contributed by atoms with Gasteiger partial charge in [0.2, 0.25) is 0 Å². The van der Waals surface area contributed by atoms with Gasteiger partial charge in [0.15, 0.2) is 11.7 Å². The van der Waals surface area contributed by atoms with Gasteiger partial charge in [0.1, 0.15) is 5.75 Å². The van der Waals surface area contributed by atoms with Crippen LogP contribution in [0.25, 0.3) is 0 Å². The second kappa shape index (κ2) is 8.64. The van der Waals surface area contributed by atoms with Gasteiger partial charge in [-0.15, -0.1) is 0 Å². The summed E-state index contributed by atoms with van der Waals surface area (Å²) in [6.07, 6.45) is 0. The average molecular weight is 344 g/mol. The Balaban J connectivity index is 1.72. The van der Waals surface area contributed by atoms with Crippen molar-refractivity contribution in [2.24, 2.45) is 0 Å². The molecule has 2 aromatic rings. The molecule has 1 amide bonds. The molecule has 0 aliphatic heterocycles. The lowest BCUT2D eigenvalue weighted by Gasteiger charge is -2.10. The van der Waals surface area contributed by atoms with E-state index in [1.54, 1.807) is 24.3 Å². The first kappa shape index (κ1) is 17.4. The van der Waals surface area contributed by atoms with Crippen molar-refractivity contribution in [2.75, 3.05) is 6.61 Å². The quantitative estimate of drug-likeness (QED) is 0.695. The minimum atomic E-state index is -0.976. The number of hydrogen-bond donors (Lipinski definition) is 3. The van der Waals surface area contributed by atoms with Gasteiger partial charge >= 0.3 is 5.97 Å². The molecule has 2 aromatic carbocycles. The second-order valence-electron chi connectivity index (χ2n) is 4.83. The van der Waals surface area contributed by atoms with Gasteiger partial charge in [-0.05, 0) is 42.0 Å². The number of hydrogen-bond acceptors (Lipinski definition) is 4. The molecule has 0 heterocycles. The van der Waals surface area contributed by atoms with Gasteiger partial charge in [0.05, 0.1) is 5.56 Å². The molecule has 3 N–H and O–H groups in total. The topological polar surface area (TPSA) is 87.7 Å². The molecule has 0 bridgehead atoms. The Hall–Kier alpha value is -2.93. The summed E-state index contributed by atoms with van der Waals surface area (Å²) in [5.41, 5.74) is 1.06. The largest absolute Gasteiger partial charge is 0.484 e. The summed E-state index contributed by atoms with van der Waals surface area (Å²) in [6, 6.07) is 15.4. The summed E-state index contributed by atoms with van der Waals surface area (Å²) in [4.78, 5) is 22.5. The minimum absolute atomic E-state index is 0.140. The number of ether oxygens (including phenoxy) is 1. The van der Waals surface area contributed by atoms with E-state index in [0.717, 1.165) is 5.56 Å². The van der Waals surface area contributed by atoms with E-state index in [2.05, 4.69) is 10.6 Å². The normalized spacial score (nSPS) is 9.83. The summed E-state index contributed by atoms with van der Waals surface area (Å²) in [6.45, 7) is 0.234. The zero-order valence-electron chi connectivity index (χ0n) is 12.7. The molecular formula is C17H16N2O4S. The maximum atomic E-state index is 11.7. The Morgan fingerprint density at radius 2 is 1.71 bits per heavy atom. The molecule has 0 aromatic heterocycles. The molecule has 24 heavy (non-hydrogen) atoms. The van der Waals surface area contributed by atoms with Crippen molar-refractivity contribution >= 4 is 29.2 Å². The van der Waals surface area contributed by atoms with Crippen molar-refractivity contribution in [3.8, 4) is 5.75 Å². The monoisotopic (exact) mass is 344 g/mol. The van der Waals surface area contributed by atoms with E-state index >= 15 is 0 Å². The maximum absolute atomic E-state index is 11.7. The van der Waals surface area contributed by atoms with E-state index in [4.69, 9.17) is 22.1 Å². The number of carbonyl (C=O) groups excluding carboxylic acids is 1. The van der Waals surface area contributed by atoms with E-state index in [-0.39, 0.29) is 23.2 Å². The van der Waals surface area contributed by atoms with Crippen LogP contribution in [0.3, 0.4) is 0 Å². The van der Waals surface area contributed by atoms with Crippen LogP contribution in [0.5, 0.6) is 5.75 Å². The van der Waals surface area contributed by atoms with Crippen LogP contribution in [0.4, 0.5) is 0 Å². The Morgan fingerprint density at radius 1 is 1.04 bits per heavy atom. The number of aromatic carboxylic acids is 1. The van der Waals surface area contributed by atoms with Crippen LogP contribution in [0.15, 0.2) is 54.6 Å². The molecule has 7 heteroatoms. The van der Waals surface area contributed by atoms with Gasteiger partial charge in [-0.25, -0.2) is 4.79 Å². The highest BCUT2D eigenvalue weighted by Gasteiger charge is 2.06. The molecule has 0 fully saturated rings. The third kappa shape index (κ3) is 5.69. The SMILES string of the molecule is O=C(COc1ccccc1)NC(=S)NCc1ccc(C(=O)O)cc1. The van der Waals surface area contributed by atoms with E-state index in [1.807, 2.05) is 18.2 Å². The predicted molar refractivity (Wildman–Crippen MR) is 92.9 cm³/mol. The van der Waals surface area contributed by atoms with Crippen molar-refractivity contribution in [3.63, 3.8) is 0 Å². The van der Waals surface area contributed by atoms with Crippen molar-refractivity contribution in [1.29, 1.82) is 0 Å². The molecular weight excluding hydrogens is 328 g/mol. The summed E-state index contributed by atoms with van der Waals surface area (Å²) in [7, 11) is 0. The maximum Gasteiger partial charge on any atom is 0.335 e. The van der Waals surface area contributed by atoms with Crippen LogP contribution in [-0.2, 0) is 11.3 Å². The molecule has 0 aliphatic carbocycles. The van der Waals surface area contributed by atoms with Crippen LogP contribution in [0.2, 0.25) is 0 Å². The fraction of sp³-hybridized carbons (Fsp3) is 0.118. The lowest BCUT2D eigenvalue weighted by molar-refractivity contribution is -0.121. The molecule has 0 atom stereocenters. The van der Waals surface area contributed by atoms with E-state index in [9.17, 15) is 9.59 Å². The highest BCUT2D eigenvalue weighted by atomic mass is 32.1.